The Balaban J connectivity index is 1.31. The van der Waals surface area contributed by atoms with Crippen molar-refractivity contribution in [1.82, 2.24) is 9.88 Å². The quantitative estimate of drug-likeness (QED) is 0.831. The van der Waals surface area contributed by atoms with Crippen LogP contribution in [0.5, 0.6) is 0 Å². The fourth-order valence-electron chi connectivity index (χ4n) is 4.57. The van der Waals surface area contributed by atoms with Crippen LogP contribution in [0.3, 0.4) is 0 Å². The number of hydrogen-bond acceptors (Lipinski definition) is 4. The second-order valence-electron chi connectivity index (χ2n) is 8.37. The summed E-state index contributed by atoms with van der Waals surface area (Å²) in [4.78, 5) is 23.4. The lowest BCUT2D eigenvalue weighted by atomic mass is 9.97. The van der Waals surface area contributed by atoms with Crippen LogP contribution in [-0.2, 0) is 4.79 Å². The van der Waals surface area contributed by atoms with E-state index in [4.69, 9.17) is 4.98 Å². The number of thiazole rings is 1. The van der Waals surface area contributed by atoms with Gasteiger partial charge in [0.25, 0.3) is 5.91 Å². The molecule has 0 unspecified atom stereocenters. The molecule has 0 radical (unpaired) electrons. The minimum absolute atomic E-state index is 0.230. The molecule has 7 heteroatoms. The molecule has 1 N–H and O–H groups in total. The fraction of sp³-hybridized carbons (Fsp3) is 0.545. The number of likely N-dealkylation sites (tertiary alicyclic amines) is 1. The molecule has 1 aromatic heterocycles. The Hall–Kier alpha value is -1.99. The number of benzene rings is 1. The summed E-state index contributed by atoms with van der Waals surface area (Å²) in [6.07, 6.45) is 3.48. The predicted octanol–water partition coefficient (Wildman–Crippen LogP) is 2.44. The Morgan fingerprint density at radius 2 is 1.83 bits per heavy atom. The lowest BCUT2D eigenvalue weighted by Crippen LogP contribution is -3.16. The highest BCUT2D eigenvalue weighted by atomic mass is 32.1. The van der Waals surface area contributed by atoms with Crippen LogP contribution in [0.15, 0.2) is 29.6 Å². The molecule has 0 spiro atoms. The first kappa shape index (κ1) is 20.3. The van der Waals surface area contributed by atoms with Gasteiger partial charge in [-0.25, -0.2) is 9.37 Å². The van der Waals surface area contributed by atoms with Gasteiger partial charge in [0.15, 0.2) is 11.7 Å². The molecule has 29 heavy (non-hydrogen) atoms. The number of halogens is 1. The summed E-state index contributed by atoms with van der Waals surface area (Å²) >= 11 is 1.63. The largest absolute Gasteiger partial charge is 0.337 e. The number of rotatable bonds is 4. The number of carbonyl (C=O) groups is 1. The van der Waals surface area contributed by atoms with Gasteiger partial charge in [-0.3, -0.25) is 4.79 Å². The first-order chi connectivity index (χ1) is 14.0. The second kappa shape index (κ2) is 8.79. The molecule has 2 atom stereocenters. The third-order valence-corrected chi connectivity index (χ3v) is 7.16. The standard InChI is InChI=1S/C22H29FN4OS/c1-16-4-3-5-17(2)27(16)21(28)14-25-10-12-26(13-11-25)22-24-20(15-29-22)18-6-8-19(23)9-7-18/h6-9,15-17H,3-5,10-14H2,1-2H3/p+1/t16-,17+. The van der Waals surface area contributed by atoms with E-state index in [1.165, 1.54) is 23.5 Å². The van der Waals surface area contributed by atoms with E-state index in [2.05, 4.69) is 23.6 Å². The van der Waals surface area contributed by atoms with Crippen molar-refractivity contribution in [3.63, 3.8) is 0 Å². The van der Waals surface area contributed by atoms with Crippen LogP contribution >= 0.6 is 11.3 Å². The third-order valence-electron chi connectivity index (χ3n) is 6.26. The van der Waals surface area contributed by atoms with Gasteiger partial charge in [-0.05, 0) is 57.4 Å². The number of carbonyl (C=O) groups excluding carboxylic acids is 1. The van der Waals surface area contributed by atoms with Gasteiger partial charge in [-0.15, -0.1) is 11.3 Å². The van der Waals surface area contributed by atoms with E-state index in [-0.39, 0.29) is 5.82 Å². The van der Waals surface area contributed by atoms with Gasteiger partial charge < -0.3 is 14.7 Å². The van der Waals surface area contributed by atoms with E-state index in [1.807, 2.05) is 5.38 Å². The summed E-state index contributed by atoms with van der Waals surface area (Å²) in [5, 5.41) is 3.04. The molecule has 2 aromatic rings. The second-order valence-corrected chi connectivity index (χ2v) is 9.20. The molecule has 2 saturated heterocycles. The monoisotopic (exact) mass is 417 g/mol. The van der Waals surface area contributed by atoms with Gasteiger partial charge in [0.05, 0.1) is 31.9 Å². The molecule has 3 heterocycles. The van der Waals surface area contributed by atoms with E-state index < -0.39 is 0 Å². The first-order valence-corrected chi connectivity index (χ1v) is 11.5. The number of aromatic nitrogens is 1. The number of hydrogen-bond donors (Lipinski definition) is 1. The topological polar surface area (TPSA) is 40.9 Å². The van der Waals surface area contributed by atoms with Gasteiger partial charge in [-0.1, -0.05) is 0 Å². The van der Waals surface area contributed by atoms with Crippen LogP contribution in [0.2, 0.25) is 0 Å². The molecule has 2 fully saturated rings. The summed E-state index contributed by atoms with van der Waals surface area (Å²) in [6, 6.07) is 7.21. The number of nitrogens with zero attached hydrogens (tertiary/aromatic N) is 3. The van der Waals surface area contributed by atoms with Gasteiger partial charge >= 0.3 is 0 Å². The Morgan fingerprint density at radius 3 is 2.48 bits per heavy atom. The van der Waals surface area contributed by atoms with Crippen LogP contribution in [0.25, 0.3) is 11.3 Å². The molecule has 0 bridgehead atoms. The molecule has 5 nitrogen and oxygen atoms in total. The Labute approximate surface area is 176 Å². The smallest absolute Gasteiger partial charge is 0.278 e. The molecule has 156 valence electrons. The van der Waals surface area contributed by atoms with Gasteiger partial charge in [0.1, 0.15) is 5.82 Å². The minimum atomic E-state index is -0.230. The zero-order chi connectivity index (χ0) is 20.4. The van der Waals surface area contributed by atoms with Gasteiger partial charge in [0.2, 0.25) is 0 Å². The summed E-state index contributed by atoms with van der Waals surface area (Å²) < 4.78 is 13.1. The van der Waals surface area contributed by atoms with Crippen molar-refractivity contribution in [3.05, 3.63) is 35.5 Å². The normalized spacial score (nSPS) is 23.4. The van der Waals surface area contributed by atoms with Crippen LogP contribution < -0.4 is 9.80 Å². The maximum absolute atomic E-state index is 13.1. The maximum atomic E-state index is 13.1. The average Bonchev–Trinajstić information content (AvgIpc) is 3.19. The number of piperazine rings is 1. The maximum Gasteiger partial charge on any atom is 0.278 e. The SMILES string of the molecule is C[C@@H]1CCC[C@H](C)N1C(=O)C[NH+]1CCN(c2nc(-c3ccc(F)cc3)cs2)CC1. The van der Waals surface area contributed by atoms with Crippen molar-refractivity contribution in [2.45, 2.75) is 45.2 Å². The van der Waals surface area contributed by atoms with Crippen LogP contribution in [0, 0.1) is 5.82 Å². The minimum Gasteiger partial charge on any atom is -0.337 e. The summed E-state index contributed by atoms with van der Waals surface area (Å²) in [5.41, 5.74) is 1.83. The lowest BCUT2D eigenvalue weighted by molar-refractivity contribution is -0.892. The van der Waals surface area contributed by atoms with Crippen molar-refractivity contribution >= 4 is 22.4 Å². The predicted molar refractivity (Wildman–Crippen MR) is 115 cm³/mol. The summed E-state index contributed by atoms with van der Waals surface area (Å²) in [5.74, 6) is 0.0761. The number of quaternary nitrogens is 1. The molecule has 4 rings (SSSR count). The van der Waals surface area contributed by atoms with E-state index in [0.29, 0.717) is 24.5 Å². The average molecular weight is 418 g/mol. The summed E-state index contributed by atoms with van der Waals surface area (Å²) in [7, 11) is 0. The van der Waals surface area contributed by atoms with E-state index >= 15 is 0 Å². The van der Waals surface area contributed by atoms with Crippen molar-refractivity contribution in [3.8, 4) is 11.3 Å². The Bertz CT molecular complexity index is 822. The fourth-order valence-corrected chi connectivity index (χ4v) is 5.46. The van der Waals surface area contributed by atoms with Crippen molar-refractivity contribution < 1.29 is 14.1 Å². The zero-order valence-corrected chi connectivity index (χ0v) is 18.1. The van der Waals surface area contributed by atoms with E-state index in [0.717, 1.165) is 55.4 Å². The van der Waals surface area contributed by atoms with Crippen molar-refractivity contribution in [2.75, 3.05) is 37.6 Å². The number of amides is 1. The number of nitrogens with one attached hydrogen (secondary N) is 1. The number of piperidine rings is 1. The van der Waals surface area contributed by atoms with Gasteiger partial charge in [0, 0.05) is 23.0 Å². The third kappa shape index (κ3) is 4.61. The molecule has 0 saturated carbocycles. The summed E-state index contributed by atoms with van der Waals surface area (Å²) in [6.45, 7) is 8.68. The molecule has 1 aromatic carbocycles. The highest BCUT2D eigenvalue weighted by molar-refractivity contribution is 7.14. The lowest BCUT2D eigenvalue weighted by Gasteiger charge is -2.40. The van der Waals surface area contributed by atoms with E-state index in [9.17, 15) is 9.18 Å². The molecule has 2 aliphatic rings. The van der Waals surface area contributed by atoms with Crippen molar-refractivity contribution in [2.24, 2.45) is 0 Å². The molecule has 2 aliphatic heterocycles. The first-order valence-electron chi connectivity index (χ1n) is 10.6. The Morgan fingerprint density at radius 1 is 1.17 bits per heavy atom. The van der Waals surface area contributed by atoms with Crippen LogP contribution in [0.4, 0.5) is 9.52 Å². The van der Waals surface area contributed by atoms with Crippen molar-refractivity contribution in [1.29, 1.82) is 0 Å². The molecule has 0 aliphatic carbocycles. The van der Waals surface area contributed by atoms with Gasteiger partial charge in [-0.2, -0.15) is 0 Å². The number of anilines is 1. The molecule has 1 amide bonds. The Kier molecular flexibility index (Phi) is 6.15. The molecular weight excluding hydrogens is 387 g/mol. The zero-order valence-electron chi connectivity index (χ0n) is 17.2. The van der Waals surface area contributed by atoms with Crippen LogP contribution in [0.1, 0.15) is 33.1 Å². The van der Waals surface area contributed by atoms with Crippen LogP contribution in [-0.4, -0.2) is 60.6 Å². The highest BCUT2D eigenvalue weighted by Gasteiger charge is 2.32. The van der Waals surface area contributed by atoms with E-state index in [1.54, 1.807) is 23.5 Å². The highest BCUT2D eigenvalue weighted by Crippen LogP contribution is 2.27. The molecular formula is C22H30FN4OS+.